The van der Waals surface area contributed by atoms with Gasteiger partial charge in [-0.15, -0.1) is 0 Å². The third-order valence-corrected chi connectivity index (χ3v) is 4.15. The van der Waals surface area contributed by atoms with E-state index in [4.69, 9.17) is 0 Å². The number of carbonyl (C=O) groups excluding carboxylic acids is 2. The van der Waals surface area contributed by atoms with Gasteiger partial charge in [0.05, 0.1) is 6.10 Å². The molecule has 1 fully saturated rings. The Labute approximate surface area is 135 Å². The molecule has 0 saturated heterocycles. The quantitative estimate of drug-likeness (QED) is 0.667. The Bertz CT molecular complexity index is 533. The van der Waals surface area contributed by atoms with Crippen molar-refractivity contribution in [3.8, 4) is 0 Å². The highest BCUT2D eigenvalue weighted by atomic mass is 19.1. The molecule has 2 unspecified atom stereocenters. The Morgan fingerprint density at radius 1 is 1.17 bits per heavy atom. The van der Waals surface area contributed by atoms with Crippen LogP contribution in [0.3, 0.4) is 0 Å². The van der Waals surface area contributed by atoms with Crippen molar-refractivity contribution in [2.24, 2.45) is 5.92 Å². The standard InChI is InChI=1S/C17H23FN2O3/c18-14-8-6-12(7-9-14)17(23)19-10-2-5-16(22)20-11-13-3-1-4-15(13)21/h6-9,13,15,21H,1-5,10-11H2,(H,19,23)(H,20,22). The van der Waals surface area contributed by atoms with Crippen LogP contribution < -0.4 is 10.6 Å². The number of rotatable bonds is 7. The molecule has 2 atom stereocenters. The minimum atomic E-state index is -0.384. The first-order chi connectivity index (χ1) is 11.1. The lowest BCUT2D eigenvalue weighted by Crippen LogP contribution is -2.33. The molecule has 1 aliphatic rings. The number of amides is 2. The monoisotopic (exact) mass is 322 g/mol. The number of aliphatic hydroxyl groups excluding tert-OH is 1. The van der Waals surface area contributed by atoms with Crippen LogP contribution in [0.15, 0.2) is 24.3 Å². The molecule has 2 amide bonds. The van der Waals surface area contributed by atoms with Crippen LogP contribution in [0.5, 0.6) is 0 Å². The number of aliphatic hydroxyl groups is 1. The zero-order valence-electron chi connectivity index (χ0n) is 13.1. The summed E-state index contributed by atoms with van der Waals surface area (Å²) >= 11 is 0. The number of halogens is 1. The van der Waals surface area contributed by atoms with E-state index in [1.165, 1.54) is 24.3 Å². The number of carbonyl (C=O) groups is 2. The number of hydrogen-bond donors (Lipinski definition) is 3. The molecule has 0 bridgehead atoms. The molecule has 0 spiro atoms. The average molecular weight is 322 g/mol. The van der Waals surface area contributed by atoms with Gasteiger partial charge in [-0.05, 0) is 43.5 Å². The summed E-state index contributed by atoms with van der Waals surface area (Å²) in [6.07, 6.45) is 3.34. The van der Waals surface area contributed by atoms with Gasteiger partial charge in [0.2, 0.25) is 5.91 Å². The smallest absolute Gasteiger partial charge is 0.251 e. The third-order valence-electron chi connectivity index (χ3n) is 4.15. The molecule has 3 N–H and O–H groups in total. The second kappa shape index (κ2) is 8.62. The Balaban J connectivity index is 1.58. The second-order valence-electron chi connectivity index (χ2n) is 5.93. The average Bonchev–Trinajstić information content (AvgIpc) is 2.95. The van der Waals surface area contributed by atoms with E-state index in [-0.39, 0.29) is 29.7 Å². The molecule has 126 valence electrons. The van der Waals surface area contributed by atoms with Gasteiger partial charge in [-0.1, -0.05) is 6.42 Å². The van der Waals surface area contributed by atoms with Gasteiger partial charge in [0.1, 0.15) is 5.82 Å². The number of nitrogens with one attached hydrogen (secondary N) is 2. The van der Waals surface area contributed by atoms with E-state index >= 15 is 0 Å². The van der Waals surface area contributed by atoms with E-state index in [1.807, 2.05) is 0 Å². The molecule has 0 radical (unpaired) electrons. The first-order valence-corrected chi connectivity index (χ1v) is 8.05. The Morgan fingerprint density at radius 2 is 1.91 bits per heavy atom. The highest BCUT2D eigenvalue weighted by molar-refractivity contribution is 5.94. The van der Waals surface area contributed by atoms with Crippen LogP contribution >= 0.6 is 0 Å². The van der Waals surface area contributed by atoms with Gasteiger partial charge in [-0.2, -0.15) is 0 Å². The molecule has 0 heterocycles. The topological polar surface area (TPSA) is 78.4 Å². The van der Waals surface area contributed by atoms with Crippen LogP contribution in [0.2, 0.25) is 0 Å². The van der Waals surface area contributed by atoms with Gasteiger partial charge in [-0.25, -0.2) is 4.39 Å². The summed E-state index contributed by atoms with van der Waals surface area (Å²) in [6, 6.07) is 5.31. The first kappa shape index (κ1) is 17.4. The fourth-order valence-corrected chi connectivity index (χ4v) is 2.74. The maximum Gasteiger partial charge on any atom is 0.251 e. The molecule has 1 saturated carbocycles. The maximum atomic E-state index is 12.8. The minimum absolute atomic E-state index is 0.0693. The molecule has 2 rings (SSSR count). The van der Waals surface area contributed by atoms with E-state index < -0.39 is 0 Å². The van der Waals surface area contributed by atoms with E-state index in [2.05, 4.69) is 10.6 Å². The molecule has 1 aromatic rings. The summed E-state index contributed by atoms with van der Waals surface area (Å²) < 4.78 is 12.8. The molecule has 0 aliphatic heterocycles. The zero-order chi connectivity index (χ0) is 16.7. The van der Waals surface area contributed by atoms with Crippen molar-refractivity contribution < 1.29 is 19.1 Å². The van der Waals surface area contributed by atoms with Gasteiger partial charge < -0.3 is 15.7 Å². The van der Waals surface area contributed by atoms with Gasteiger partial charge in [0, 0.05) is 31.0 Å². The lowest BCUT2D eigenvalue weighted by atomic mass is 10.1. The molecule has 1 aliphatic carbocycles. The van der Waals surface area contributed by atoms with Crippen LogP contribution in [-0.4, -0.2) is 36.1 Å². The predicted molar refractivity (Wildman–Crippen MR) is 84.3 cm³/mol. The molecular weight excluding hydrogens is 299 g/mol. The van der Waals surface area contributed by atoms with Crippen molar-refractivity contribution in [1.82, 2.24) is 10.6 Å². The van der Waals surface area contributed by atoms with Crippen molar-refractivity contribution >= 4 is 11.8 Å². The van der Waals surface area contributed by atoms with Gasteiger partial charge in [0.15, 0.2) is 0 Å². The summed E-state index contributed by atoms with van der Waals surface area (Å²) in [7, 11) is 0. The van der Waals surface area contributed by atoms with Crippen LogP contribution in [0, 0.1) is 11.7 Å². The van der Waals surface area contributed by atoms with Crippen molar-refractivity contribution in [2.45, 2.75) is 38.2 Å². The SMILES string of the molecule is O=C(CCCNC(=O)c1ccc(F)cc1)NCC1CCCC1O. The lowest BCUT2D eigenvalue weighted by molar-refractivity contribution is -0.121. The summed E-state index contributed by atoms with van der Waals surface area (Å²) in [5.74, 6) is -0.567. The number of benzene rings is 1. The van der Waals surface area contributed by atoms with Gasteiger partial charge in [-0.3, -0.25) is 9.59 Å². The van der Waals surface area contributed by atoms with E-state index in [9.17, 15) is 19.1 Å². The molecule has 23 heavy (non-hydrogen) atoms. The van der Waals surface area contributed by atoms with E-state index in [1.54, 1.807) is 0 Å². The molecular formula is C17H23FN2O3. The van der Waals surface area contributed by atoms with Gasteiger partial charge in [0.25, 0.3) is 5.91 Å². The van der Waals surface area contributed by atoms with E-state index in [0.29, 0.717) is 31.5 Å². The summed E-state index contributed by atoms with van der Waals surface area (Å²) in [5, 5.41) is 15.2. The highest BCUT2D eigenvalue weighted by Crippen LogP contribution is 2.24. The van der Waals surface area contributed by atoms with Crippen molar-refractivity contribution in [3.63, 3.8) is 0 Å². The highest BCUT2D eigenvalue weighted by Gasteiger charge is 2.25. The molecule has 0 aromatic heterocycles. The van der Waals surface area contributed by atoms with Crippen LogP contribution in [0.1, 0.15) is 42.5 Å². The maximum absolute atomic E-state index is 12.8. The second-order valence-corrected chi connectivity index (χ2v) is 5.93. The Morgan fingerprint density at radius 3 is 2.57 bits per heavy atom. The fraction of sp³-hybridized carbons (Fsp3) is 0.529. The minimum Gasteiger partial charge on any atom is -0.393 e. The largest absolute Gasteiger partial charge is 0.393 e. The van der Waals surface area contributed by atoms with Crippen LogP contribution in [0.4, 0.5) is 4.39 Å². The molecule has 6 heteroatoms. The van der Waals surface area contributed by atoms with E-state index in [0.717, 1.165) is 19.3 Å². The van der Waals surface area contributed by atoms with Crippen LogP contribution in [0.25, 0.3) is 0 Å². The fourth-order valence-electron chi connectivity index (χ4n) is 2.74. The Kier molecular flexibility index (Phi) is 6.52. The zero-order valence-corrected chi connectivity index (χ0v) is 13.1. The molecule has 1 aromatic carbocycles. The normalized spacial score (nSPS) is 20.3. The summed E-state index contributed by atoms with van der Waals surface area (Å²) in [6.45, 7) is 0.900. The van der Waals surface area contributed by atoms with Crippen molar-refractivity contribution in [2.75, 3.05) is 13.1 Å². The Hall–Kier alpha value is -1.95. The lowest BCUT2D eigenvalue weighted by Gasteiger charge is -2.15. The predicted octanol–water partition coefficient (Wildman–Crippen LogP) is 1.61. The first-order valence-electron chi connectivity index (χ1n) is 8.05. The third kappa shape index (κ3) is 5.63. The van der Waals surface area contributed by atoms with Gasteiger partial charge >= 0.3 is 0 Å². The summed E-state index contributed by atoms with van der Waals surface area (Å²) in [5.41, 5.74) is 0.395. The van der Waals surface area contributed by atoms with Crippen molar-refractivity contribution in [3.05, 3.63) is 35.6 Å². The molecule has 5 nitrogen and oxygen atoms in total. The van der Waals surface area contributed by atoms with Crippen molar-refractivity contribution in [1.29, 1.82) is 0 Å². The summed E-state index contributed by atoms with van der Waals surface area (Å²) in [4.78, 5) is 23.5. The van der Waals surface area contributed by atoms with Crippen LogP contribution in [-0.2, 0) is 4.79 Å². The number of hydrogen-bond acceptors (Lipinski definition) is 3.